The van der Waals surface area contributed by atoms with Gasteiger partial charge < -0.3 is 9.47 Å². The number of aromatic amines is 1. The van der Waals surface area contributed by atoms with E-state index in [9.17, 15) is 13.2 Å². The summed E-state index contributed by atoms with van der Waals surface area (Å²) in [6, 6.07) is 6.49. The number of esters is 1. The summed E-state index contributed by atoms with van der Waals surface area (Å²) < 4.78 is 37.4. The fraction of sp³-hybridized carbons (Fsp3) is 0.444. The maximum Gasteiger partial charge on any atom is 0.310 e. The van der Waals surface area contributed by atoms with Gasteiger partial charge in [0.05, 0.1) is 30.2 Å². The van der Waals surface area contributed by atoms with Crippen LogP contribution in [0.3, 0.4) is 0 Å². The summed E-state index contributed by atoms with van der Waals surface area (Å²) >= 11 is 0. The van der Waals surface area contributed by atoms with Gasteiger partial charge in [-0.15, -0.1) is 0 Å². The van der Waals surface area contributed by atoms with Crippen molar-refractivity contribution in [3.05, 3.63) is 46.8 Å². The number of sulfonamides is 1. The van der Waals surface area contributed by atoms with Crippen LogP contribution in [0.25, 0.3) is 0 Å². The Morgan fingerprint density at radius 2 is 2.04 bits per heavy atom. The van der Waals surface area contributed by atoms with Crippen LogP contribution >= 0.6 is 0 Å². The zero-order valence-corrected chi connectivity index (χ0v) is 16.2. The average molecular weight is 393 g/mol. The van der Waals surface area contributed by atoms with Gasteiger partial charge in [0.15, 0.2) is 0 Å². The van der Waals surface area contributed by atoms with Gasteiger partial charge in [0.2, 0.25) is 10.0 Å². The molecule has 1 saturated heterocycles. The molecule has 0 bridgehead atoms. The average Bonchev–Trinajstić information content (AvgIpc) is 2.99. The zero-order valence-electron chi connectivity index (χ0n) is 15.4. The van der Waals surface area contributed by atoms with E-state index in [1.165, 1.54) is 4.31 Å². The Morgan fingerprint density at radius 1 is 1.30 bits per heavy atom. The number of hydrogen-bond acceptors (Lipinski definition) is 6. The molecule has 1 aromatic heterocycles. The summed E-state index contributed by atoms with van der Waals surface area (Å²) in [6.07, 6.45) is 0.125. The summed E-state index contributed by atoms with van der Waals surface area (Å²) in [5.74, 6) is -0.385. The molecule has 0 saturated carbocycles. The Hall–Kier alpha value is -2.23. The Kier molecular flexibility index (Phi) is 5.93. The number of carbonyl (C=O) groups excluding carboxylic acids is 1. The molecule has 0 atom stereocenters. The molecule has 1 aliphatic rings. The number of benzene rings is 1. The molecule has 9 heteroatoms. The van der Waals surface area contributed by atoms with E-state index < -0.39 is 10.0 Å². The number of nitrogens with zero attached hydrogens (tertiary/aromatic N) is 2. The second kappa shape index (κ2) is 8.20. The third-order valence-electron chi connectivity index (χ3n) is 4.51. The van der Waals surface area contributed by atoms with Crippen LogP contribution in [0.15, 0.2) is 29.2 Å². The number of ether oxygens (including phenoxy) is 2. The van der Waals surface area contributed by atoms with Crippen molar-refractivity contribution < 1.29 is 22.7 Å². The standard InChI is InChI=1S/C18H23N3O5S/c1-13-17(14(2)20-19-13)11-18(22)26-12-15-4-3-5-16(10-15)27(23,24)21-6-8-25-9-7-21/h3-5,10H,6-9,11-12H2,1-2H3,(H,19,20). The molecular weight excluding hydrogens is 370 g/mol. The first-order valence-electron chi connectivity index (χ1n) is 8.71. The van der Waals surface area contributed by atoms with E-state index >= 15 is 0 Å². The van der Waals surface area contributed by atoms with Crippen molar-refractivity contribution in [1.82, 2.24) is 14.5 Å². The first-order chi connectivity index (χ1) is 12.9. The van der Waals surface area contributed by atoms with Gasteiger partial charge in [-0.3, -0.25) is 9.89 Å². The molecule has 0 aliphatic carbocycles. The van der Waals surface area contributed by atoms with E-state index in [-0.39, 0.29) is 23.9 Å². The maximum atomic E-state index is 12.7. The molecule has 1 aliphatic heterocycles. The van der Waals surface area contributed by atoms with Crippen LogP contribution in [0, 0.1) is 13.8 Å². The fourth-order valence-electron chi connectivity index (χ4n) is 2.93. The molecule has 3 rings (SSSR count). The maximum absolute atomic E-state index is 12.7. The lowest BCUT2D eigenvalue weighted by Gasteiger charge is -2.26. The highest BCUT2D eigenvalue weighted by molar-refractivity contribution is 7.89. The lowest BCUT2D eigenvalue weighted by molar-refractivity contribution is -0.144. The van der Waals surface area contributed by atoms with Gasteiger partial charge in [-0.1, -0.05) is 12.1 Å². The highest BCUT2D eigenvalue weighted by Crippen LogP contribution is 2.19. The SMILES string of the molecule is Cc1n[nH]c(C)c1CC(=O)OCc1cccc(S(=O)(=O)N2CCOCC2)c1. The molecule has 0 radical (unpaired) electrons. The summed E-state index contributed by atoms with van der Waals surface area (Å²) in [6.45, 7) is 5.15. The van der Waals surface area contributed by atoms with Crippen molar-refractivity contribution >= 4 is 16.0 Å². The summed E-state index contributed by atoms with van der Waals surface area (Å²) in [5.41, 5.74) is 3.05. The Balaban J connectivity index is 1.64. The lowest BCUT2D eigenvalue weighted by atomic mass is 10.1. The van der Waals surface area contributed by atoms with Crippen molar-refractivity contribution in [2.45, 2.75) is 31.8 Å². The van der Waals surface area contributed by atoms with E-state index in [1.54, 1.807) is 24.3 Å². The van der Waals surface area contributed by atoms with Crippen LogP contribution in [0.5, 0.6) is 0 Å². The van der Waals surface area contributed by atoms with E-state index in [2.05, 4.69) is 10.2 Å². The number of rotatable bonds is 6. The second-order valence-electron chi connectivity index (χ2n) is 6.41. The molecular formula is C18H23N3O5S. The van der Waals surface area contributed by atoms with E-state index in [4.69, 9.17) is 9.47 Å². The molecule has 2 aromatic rings. The second-order valence-corrected chi connectivity index (χ2v) is 8.35. The Labute approximate surface area is 158 Å². The first-order valence-corrected chi connectivity index (χ1v) is 10.1. The molecule has 27 heavy (non-hydrogen) atoms. The predicted octanol–water partition coefficient (Wildman–Crippen LogP) is 1.33. The van der Waals surface area contributed by atoms with Gasteiger partial charge in [0, 0.05) is 24.3 Å². The molecule has 1 N–H and O–H groups in total. The monoisotopic (exact) mass is 393 g/mol. The highest BCUT2D eigenvalue weighted by atomic mass is 32.2. The Morgan fingerprint density at radius 3 is 2.70 bits per heavy atom. The minimum absolute atomic E-state index is 0.0151. The molecule has 1 fully saturated rings. The number of H-pyrrole nitrogens is 1. The van der Waals surface area contributed by atoms with Crippen LogP contribution < -0.4 is 0 Å². The lowest BCUT2D eigenvalue weighted by Crippen LogP contribution is -2.40. The number of hydrogen-bond donors (Lipinski definition) is 1. The van der Waals surface area contributed by atoms with Crippen molar-refractivity contribution in [1.29, 1.82) is 0 Å². The Bertz CT molecular complexity index is 897. The van der Waals surface area contributed by atoms with Crippen molar-refractivity contribution in [3.63, 3.8) is 0 Å². The van der Waals surface area contributed by atoms with Crippen LogP contribution in [0.1, 0.15) is 22.5 Å². The topological polar surface area (TPSA) is 102 Å². The van der Waals surface area contributed by atoms with Crippen LogP contribution in [0.2, 0.25) is 0 Å². The summed E-state index contributed by atoms with van der Waals surface area (Å²) in [7, 11) is -3.57. The zero-order chi connectivity index (χ0) is 19.4. The van der Waals surface area contributed by atoms with Gasteiger partial charge in [0.1, 0.15) is 6.61 Å². The summed E-state index contributed by atoms with van der Waals surface area (Å²) in [4.78, 5) is 12.3. The van der Waals surface area contributed by atoms with Crippen molar-refractivity contribution in [3.8, 4) is 0 Å². The largest absolute Gasteiger partial charge is 0.461 e. The van der Waals surface area contributed by atoms with Crippen LogP contribution in [-0.2, 0) is 37.3 Å². The smallest absolute Gasteiger partial charge is 0.310 e. The van der Waals surface area contributed by atoms with Crippen molar-refractivity contribution in [2.75, 3.05) is 26.3 Å². The predicted molar refractivity (Wildman–Crippen MR) is 97.6 cm³/mol. The number of carbonyl (C=O) groups is 1. The van der Waals surface area contributed by atoms with Gasteiger partial charge in [-0.2, -0.15) is 9.40 Å². The molecule has 0 unspecified atom stereocenters. The quantitative estimate of drug-likeness (QED) is 0.743. The van der Waals surface area contributed by atoms with E-state index in [0.29, 0.717) is 31.9 Å². The highest BCUT2D eigenvalue weighted by Gasteiger charge is 2.26. The minimum atomic E-state index is -3.57. The van der Waals surface area contributed by atoms with Gasteiger partial charge in [-0.05, 0) is 31.5 Å². The first kappa shape index (κ1) is 19.5. The molecule has 1 aromatic carbocycles. The number of aromatic nitrogens is 2. The normalized spacial score (nSPS) is 15.6. The number of morpholine rings is 1. The fourth-order valence-corrected chi connectivity index (χ4v) is 4.40. The number of nitrogens with one attached hydrogen (secondary N) is 1. The van der Waals surface area contributed by atoms with Gasteiger partial charge >= 0.3 is 5.97 Å². The molecule has 2 heterocycles. The third kappa shape index (κ3) is 4.55. The molecule has 0 spiro atoms. The number of aryl methyl sites for hydroxylation is 2. The van der Waals surface area contributed by atoms with Gasteiger partial charge in [-0.25, -0.2) is 8.42 Å². The van der Waals surface area contributed by atoms with E-state index in [1.807, 2.05) is 13.8 Å². The summed E-state index contributed by atoms with van der Waals surface area (Å²) in [5, 5.41) is 6.89. The van der Waals surface area contributed by atoms with Crippen LogP contribution in [-0.4, -0.2) is 55.2 Å². The van der Waals surface area contributed by atoms with Crippen LogP contribution in [0.4, 0.5) is 0 Å². The van der Waals surface area contributed by atoms with E-state index in [0.717, 1.165) is 17.0 Å². The third-order valence-corrected chi connectivity index (χ3v) is 6.40. The molecule has 8 nitrogen and oxygen atoms in total. The van der Waals surface area contributed by atoms with Crippen molar-refractivity contribution in [2.24, 2.45) is 0 Å². The molecule has 146 valence electrons. The minimum Gasteiger partial charge on any atom is -0.461 e. The molecule has 0 amide bonds. The van der Waals surface area contributed by atoms with Gasteiger partial charge in [0.25, 0.3) is 0 Å².